The molecule has 29 heavy (non-hydrogen) atoms. The topological polar surface area (TPSA) is 78.1 Å². The second-order valence-corrected chi connectivity index (χ2v) is 8.59. The molecule has 10 heteroatoms. The van der Waals surface area contributed by atoms with Gasteiger partial charge in [0.15, 0.2) is 16.1 Å². The molecule has 0 atom stereocenters. The first kappa shape index (κ1) is 20.1. The highest BCUT2D eigenvalue weighted by atomic mass is 32.2. The minimum absolute atomic E-state index is 0.0875. The maximum atomic E-state index is 12.9. The summed E-state index contributed by atoms with van der Waals surface area (Å²) in [6.45, 7) is 9.82. The van der Waals surface area contributed by atoms with Gasteiger partial charge in [0.1, 0.15) is 0 Å². The van der Waals surface area contributed by atoms with Gasteiger partial charge in [-0.05, 0) is 26.8 Å². The van der Waals surface area contributed by atoms with Crippen molar-refractivity contribution in [2.45, 2.75) is 32.5 Å². The van der Waals surface area contributed by atoms with Gasteiger partial charge in [0.25, 0.3) is 0 Å². The van der Waals surface area contributed by atoms with E-state index in [1.165, 1.54) is 11.8 Å². The van der Waals surface area contributed by atoms with E-state index in [-0.39, 0.29) is 5.78 Å². The van der Waals surface area contributed by atoms with E-state index in [0.29, 0.717) is 19.0 Å². The van der Waals surface area contributed by atoms with Gasteiger partial charge in [-0.3, -0.25) is 13.9 Å². The van der Waals surface area contributed by atoms with Crippen LogP contribution >= 0.6 is 23.1 Å². The quantitative estimate of drug-likeness (QED) is 0.419. The number of hydrogen-bond donors (Lipinski definition) is 0. The van der Waals surface area contributed by atoms with E-state index in [0.717, 1.165) is 52.8 Å². The Bertz CT molecular complexity index is 989. The van der Waals surface area contributed by atoms with Crippen LogP contribution in [-0.2, 0) is 11.3 Å². The Morgan fingerprint density at radius 1 is 1.28 bits per heavy atom. The molecule has 0 aromatic carbocycles. The molecule has 0 saturated carbocycles. The molecule has 0 bridgehead atoms. The molecule has 1 fully saturated rings. The van der Waals surface area contributed by atoms with Crippen molar-refractivity contribution in [1.82, 2.24) is 24.3 Å². The summed E-state index contributed by atoms with van der Waals surface area (Å²) < 4.78 is 9.53. The van der Waals surface area contributed by atoms with Crippen LogP contribution in [0.5, 0.6) is 0 Å². The van der Waals surface area contributed by atoms with Gasteiger partial charge in [-0.2, -0.15) is 0 Å². The zero-order valence-electron chi connectivity index (χ0n) is 16.8. The van der Waals surface area contributed by atoms with Gasteiger partial charge >= 0.3 is 0 Å². The third kappa shape index (κ3) is 3.96. The molecule has 3 aromatic heterocycles. The van der Waals surface area contributed by atoms with Crippen LogP contribution in [0.3, 0.4) is 0 Å². The van der Waals surface area contributed by atoms with E-state index >= 15 is 0 Å². The number of morpholine rings is 1. The predicted molar refractivity (Wildman–Crippen MR) is 115 cm³/mol. The molecule has 0 aliphatic carbocycles. The van der Waals surface area contributed by atoms with Crippen molar-refractivity contribution < 1.29 is 9.53 Å². The van der Waals surface area contributed by atoms with Gasteiger partial charge in [-0.25, -0.2) is 4.98 Å². The van der Waals surface area contributed by atoms with E-state index in [2.05, 4.69) is 31.6 Å². The Hall–Kier alpha value is -2.17. The maximum Gasteiger partial charge on any atom is 0.228 e. The summed E-state index contributed by atoms with van der Waals surface area (Å²) in [6, 6.07) is 1.95. The lowest BCUT2D eigenvalue weighted by atomic mass is 10.2. The van der Waals surface area contributed by atoms with E-state index in [4.69, 9.17) is 4.74 Å². The minimum Gasteiger partial charge on any atom is -0.378 e. The number of nitrogens with zero attached hydrogens (tertiary/aromatic N) is 6. The van der Waals surface area contributed by atoms with Crippen molar-refractivity contribution in [3.63, 3.8) is 0 Å². The monoisotopic (exact) mass is 432 g/mol. The van der Waals surface area contributed by atoms with Gasteiger partial charge in [0.2, 0.25) is 5.95 Å². The minimum atomic E-state index is 0.0875. The fraction of sp³-hybridized carbons (Fsp3) is 0.474. The standard InChI is InChI=1S/C19H24N6O2S2/c1-4-24-17(23-6-8-27-9-7-23)21-22-19(24)29-12-16(26)15-11-13(2)25(14(15)3)18-20-5-10-28-18/h5,10-11H,4,6-9,12H2,1-3H3. The molecule has 1 aliphatic heterocycles. The second-order valence-electron chi connectivity index (χ2n) is 6.77. The fourth-order valence-electron chi connectivity index (χ4n) is 3.54. The highest BCUT2D eigenvalue weighted by Crippen LogP contribution is 2.26. The molecule has 0 radical (unpaired) electrons. The maximum absolute atomic E-state index is 12.9. The van der Waals surface area contributed by atoms with Gasteiger partial charge < -0.3 is 9.64 Å². The first-order valence-corrected chi connectivity index (χ1v) is 11.5. The number of carbonyl (C=O) groups excluding carboxylic acids is 1. The fourth-order valence-corrected chi connectivity index (χ4v) is 5.17. The normalized spacial score (nSPS) is 14.5. The molecular formula is C19H24N6O2S2. The molecule has 154 valence electrons. The lowest BCUT2D eigenvalue weighted by Gasteiger charge is -2.27. The molecule has 0 unspecified atom stereocenters. The van der Waals surface area contributed by atoms with Gasteiger partial charge in [-0.1, -0.05) is 11.8 Å². The van der Waals surface area contributed by atoms with E-state index in [1.807, 2.05) is 29.9 Å². The Morgan fingerprint density at radius 3 is 2.76 bits per heavy atom. The number of hydrogen-bond acceptors (Lipinski definition) is 8. The Balaban J connectivity index is 1.49. The zero-order valence-corrected chi connectivity index (χ0v) is 18.4. The molecule has 4 heterocycles. The SMILES string of the molecule is CCn1c(SCC(=O)c2cc(C)n(-c3nccs3)c2C)nnc1N1CCOCC1. The number of ketones is 1. The largest absolute Gasteiger partial charge is 0.378 e. The lowest BCUT2D eigenvalue weighted by Crippen LogP contribution is -2.38. The number of carbonyl (C=O) groups is 1. The van der Waals surface area contributed by atoms with Crippen molar-refractivity contribution in [2.75, 3.05) is 37.0 Å². The highest BCUT2D eigenvalue weighted by Gasteiger charge is 2.22. The van der Waals surface area contributed by atoms with Crippen molar-refractivity contribution >= 4 is 34.8 Å². The van der Waals surface area contributed by atoms with Crippen LogP contribution in [-0.4, -0.2) is 62.2 Å². The molecule has 1 saturated heterocycles. The first-order chi connectivity index (χ1) is 14.1. The summed E-state index contributed by atoms with van der Waals surface area (Å²) >= 11 is 3.00. The van der Waals surface area contributed by atoms with Crippen LogP contribution in [0.2, 0.25) is 0 Å². The van der Waals surface area contributed by atoms with Gasteiger partial charge in [0, 0.05) is 48.2 Å². The van der Waals surface area contributed by atoms with Crippen LogP contribution in [0.25, 0.3) is 5.13 Å². The summed E-state index contributed by atoms with van der Waals surface area (Å²) in [5, 5.41) is 12.3. The summed E-state index contributed by atoms with van der Waals surface area (Å²) in [6.07, 6.45) is 1.78. The molecule has 0 N–H and O–H groups in total. The van der Waals surface area contributed by atoms with E-state index < -0.39 is 0 Å². The molecule has 0 spiro atoms. The summed E-state index contributed by atoms with van der Waals surface area (Å²) in [4.78, 5) is 19.5. The number of ether oxygens (including phenoxy) is 1. The van der Waals surface area contributed by atoms with Crippen molar-refractivity contribution in [3.05, 3.63) is 34.6 Å². The second kappa shape index (κ2) is 8.68. The molecule has 1 aliphatic rings. The van der Waals surface area contributed by atoms with Crippen LogP contribution in [0.4, 0.5) is 5.95 Å². The number of aromatic nitrogens is 5. The number of thiazole rings is 1. The number of rotatable bonds is 7. The molecule has 8 nitrogen and oxygen atoms in total. The number of anilines is 1. The summed E-state index contributed by atoms with van der Waals surface area (Å²) in [5.74, 6) is 1.26. The Kier molecular flexibility index (Phi) is 6.02. The molecular weight excluding hydrogens is 408 g/mol. The van der Waals surface area contributed by atoms with Gasteiger partial charge in [0.05, 0.1) is 19.0 Å². The van der Waals surface area contributed by atoms with Crippen LogP contribution in [0, 0.1) is 13.8 Å². The Morgan fingerprint density at radius 2 is 2.07 bits per heavy atom. The number of thioether (sulfide) groups is 1. The molecule has 4 rings (SSSR count). The lowest BCUT2D eigenvalue weighted by molar-refractivity contribution is 0.102. The van der Waals surface area contributed by atoms with E-state index in [1.54, 1.807) is 17.5 Å². The number of aryl methyl sites for hydroxylation is 1. The summed E-state index contributed by atoms with van der Waals surface area (Å²) in [5.41, 5.74) is 2.67. The number of Topliss-reactive ketones (excluding diaryl/α,β-unsaturated/α-hetero) is 1. The van der Waals surface area contributed by atoms with Crippen LogP contribution < -0.4 is 4.90 Å². The first-order valence-electron chi connectivity index (χ1n) is 9.60. The highest BCUT2D eigenvalue weighted by molar-refractivity contribution is 7.99. The third-order valence-corrected chi connectivity index (χ3v) is 6.71. The van der Waals surface area contributed by atoms with E-state index in [9.17, 15) is 4.79 Å². The summed E-state index contributed by atoms with van der Waals surface area (Å²) in [7, 11) is 0. The van der Waals surface area contributed by atoms with Crippen molar-refractivity contribution in [1.29, 1.82) is 0 Å². The van der Waals surface area contributed by atoms with Crippen molar-refractivity contribution in [2.24, 2.45) is 0 Å². The van der Waals surface area contributed by atoms with Gasteiger partial charge in [-0.15, -0.1) is 21.5 Å². The molecule has 0 amide bonds. The molecule has 3 aromatic rings. The van der Waals surface area contributed by atoms with Crippen LogP contribution in [0.15, 0.2) is 22.8 Å². The zero-order chi connectivity index (χ0) is 20.4. The average molecular weight is 433 g/mol. The average Bonchev–Trinajstić information content (AvgIpc) is 3.45. The third-order valence-electron chi connectivity index (χ3n) is 4.98. The van der Waals surface area contributed by atoms with Crippen LogP contribution in [0.1, 0.15) is 28.7 Å². The predicted octanol–water partition coefficient (Wildman–Crippen LogP) is 2.97. The van der Waals surface area contributed by atoms with Crippen molar-refractivity contribution in [3.8, 4) is 5.13 Å². The smallest absolute Gasteiger partial charge is 0.228 e. The Labute approximate surface area is 177 Å².